The second-order valence-corrected chi connectivity index (χ2v) is 4.17. The fraction of sp³-hybridized carbons (Fsp3) is 0.500. The fourth-order valence-corrected chi connectivity index (χ4v) is 2.40. The number of carbonyl (C=O) groups excluding carboxylic acids is 1. The number of aliphatic hydroxyl groups is 1. The number of carbonyl (C=O) groups is 1. The maximum atomic E-state index is 12.7. The lowest BCUT2D eigenvalue weighted by Crippen LogP contribution is -2.12. The monoisotopic (exact) mass is 268 g/mol. The number of ether oxygens (including phenoxy) is 1. The number of halogens is 3. The summed E-state index contributed by atoms with van der Waals surface area (Å²) in [6.45, 7) is -0.262. The lowest BCUT2D eigenvalue weighted by molar-refractivity contribution is -0.140. The van der Waals surface area contributed by atoms with E-state index >= 15 is 0 Å². The summed E-state index contributed by atoms with van der Waals surface area (Å²) in [5.41, 5.74) is 0.249. The van der Waals surface area contributed by atoms with Crippen molar-refractivity contribution in [3.05, 3.63) is 21.4 Å². The standard InChI is InChI=1S/C10H11F3O3S/c1-16-8(15)4-7-6(2-3-14)5-17-9(7)10(11,12)13/h5,14H,2-4H2,1H3. The molecule has 0 aliphatic heterocycles. The van der Waals surface area contributed by atoms with Crippen molar-refractivity contribution in [3.63, 3.8) is 0 Å². The number of thiophene rings is 1. The Bertz CT molecular complexity index is 398. The van der Waals surface area contributed by atoms with Crippen molar-refractivity contribution in [1.82, 2.24) is 0 Å². The van der Waals surface area contributed by atoms with Gasteiger partial charge in [0.1, 0.15) is 4.88 Å². The summed E-state index contributed by atoms with van der Waals surface area (Å²) in [5, 5.41) is 10.1. The SMILES string of the molecule is COC(=O)Cc1c(CCO)csc1C(F)(F)F. The number of aliphatic hydroxyl groups excluding tert-OH is 1. The highest BCUT2D eigenvalue weighted by Crippen LogP contribution is 2.38. The van der Waals surface area contributed by atoms with Crippen molar-refractivity contribution in [2.24, 2.45) is 0 Å². The number of hydrogen-bond acceptors (Lipinski definition) is 4. The molecule has 0 fully saturated rings. The summed E-state index contributed by atoms with van der Waals surface area (Å²) in [5.74, 6) is -0.729. The van der Waals surface area contributed by atoms with Gasteiger partial charge in [0, 0.05) is 6.61 Å². The molecule has 0 spiro atoms. The maximum Gasteiger partial charge on any atom is 0.425 e. The topological polar surface area (TPSA) is 46.5 Å². The first-order chi connectivity index (χ1) is 7.90. The molecule has 0 bridgehead atoms. The maximum absolute atomic E-state index is 12.7. The third-order valence-electron chi connectivity index (χ3n) is 2.17. The van der Waals surface area contributed by atoms with E-state index in [0.29, 0.717) is 16.9 Å². The summed E-state index contributed by atoms with van der Waals surface area (Å²) in [7, 11) is 1.12. The summed E-state index contributed by atoms with van der Waals surface area (Å²) < 4.78 is 42.3. The van der Waals surface area contributed by atoms with E-state index in [2.05, 4.69) is 4.74 Å². The van der Waals surface area contributed by atoms with E-state index in [0.717, 1.165) is 7.11 Å². The van der Waals surface area contributed by atoms with Gasteiger partial charge in [-0.15, -0.1) is 11.3 Å². The zero-order valence-corrected chi connectivity index (χ0v) is 9.82. The second kappa shape index (κ2) is 5.50. The van der Waals surface area contributed by atoms with Crippen LogP contribution in [0.25, 0.3) is 0 Å². The minimum Gasteiger partial charge on any atom is -0.469 e. The summed E-state index contributed by atoms with van der Waals surface area (Å²) in [6.07, 6.45) is -4.81. The molecule has 0 amide bonds. The third-order valence-corrected chi connectivity index (χ3v) is 3.28. The van der Waals surface area contributed by atoms with Crippen LogP contribution in [0.15, 0.2) is 5.38 Å². The molecule has 0 atom stereocenters. The molecule has 0 unspecified atom stereocenters. The lowest BCUT2D eigenvalue weighted by Gasteiger charge is -2.08. The Kier molecular flexibility index (Phi) is 4.53. The highest BCUT2D eigenvalue weighted by molar-refractivity contribution is 7.10. The molecule has 0 saturated heterocycles. The molecule has 1 aromatic rings. The van der Waals surface area contributed by atoms with E-state index in [9.17, 15) is 18.0 Å². The minimum atomic E-state index is -4.48. The number of rotatable bonds is 4. The van der Waals surface area contributed by atoms with Gasteiger partial charge >= 0.3 is 12.1 Å². The van der Waals surface area contributed by atoms with E-state index in [1.165, 1.54) is 5.38 Å². The van der Waals surface area contributed by atoms with Gasteiger partial charge in [0.15, 0.2) is 0 Å². The molecule has 0 saturated carbocycles. The first-order valence-corrected chi connectivity index (χ1v) is 5.62. The first kappa shape index (κ1) is 14.0. The van der Waals surface area contributed by atoms with Crippen LogP contribution < -0.4 is 0 Å². The van der Waals surface area contributed by atoms with Crippen LogP contribution in [-0.2, 0) is 28.5 Å². The summed E-state index contributed by atoms with van der Waals surface area (Å²) >= 11 is 0.532. The average molecular weight is 268 g/mol. The fourth-order valence-electron chi connectivity index (χ4n) is 1.40. The van der Waals surface area contributed by atoms with Crippen LogP contribution in [0.4, 0.5) is 13.2 Å². The molecule has 1 N–H and O–H groups in total. The zero-order valence-electron chi connectivity index (χ0n) is 9.00. The van der Waals surface area contributed by atoms with Crippen LogP contribution in [0.2, 0.25) is 0 Å². The van der Waals surface area contributed by atoms with Crippen LogP contribution in [0.3, 0.4) is 0 Å². The largest absolute Gasteiger partial charge is 0.469 e. The Morgan fingerprint density at radius 2 is 2.18 bits per heavy atom. The van der Waals surface area contributed by atoms with Gasteiger partial charge in [-0.2, -0.15) is 13.2 Å². The molecule has 0 aromatic carbocycles. The molecular weight excluding hydrogens is 257 g/mol. The second-order valence-electron chi connectivity index (χ2n) is 3.29. The number of esters is 1. The third kappa shape index (κ3) is 3.44. The Morgan fingerprint density at radius 1 is 1.53 bits per heavy atom. The van der Waals surface area contributed by atoms with Gasteiger partial charge < -0.3 is 9.84 Å². The average Bonchev–Trinajstić information content (AvgIpc) is 2.61. The van der Waals surface area contributed by atoms with Crippen molar-refractivity contribution in [2.45, 2.75) is 19.0 Å². The number of alkyl halides is 3. The molecule has 0 aliphatic rings. The van der Waals surface area contributed by atoms with Gasteiger partial charge in [-0.1, -0.05) is 0 Å². The molecule has 0 radical (unpaired) electrons. The van der Waals surface area contributed by atoms with Crippen molar-refractivity contribution >= 4 is 17.3 Å². The molecule has 1 heterocycles. The molecule has 1 rings (SSSR count). The van der Waals surface area contributed by atoms with Crippen molar-refractivity contribution < 1.29 is 27.8 Å². The summed E-state index contributed by atoms with van der Waals surface area (Å²) in [4.78, 5) is 10.3. The molecule has 1 aromatic heterocycles. The van der Waals surface area contributed by atoms with Crippen LogP contribution in [-0.4, -0.2) is 24.8 Å². The van der Waals surface area contributed by atoms with Crippen molar-refractivity contribution in [3.8, 4) is 0 Å². The molecule has 0 aliphatic carbocycles. The van der Waals surface area contributed by atoms with E-state index in [4.69, 9.17) is 5.11 Å². The van der Waals surface area contributed by atoms with Gasteiger partial charge in [-0.3, -0.25) is 4.79 Å². The number of hydrogen-bond donors (Lipinski definition) is 1. The Morgan fingerprint density at radius 3 is 2.65 bits per heavy atom. The van der Waals surface area contributed by atoms with Crippen LogP contribution in [0.5, 0.6) is 0 Å². The van der Waals surface area contributed by atoms with Crippen molar-refractivity contribution in [2.75, 3.05) is 13.7 Å². The predicted molar refractivity (Wildman–Crippen MR) is 55.8 cm³/mol. The Balaban J connectivity index is 3.10. The highest BCUT2D eigenvalue weighted by Gasteiger charge is 2.36. The van der Waals surface area contributed by atoms with Gasteiger partial charge in [0.25, 0.3) is 0 Å². The van der Waals surface area contributed by atoms with E-state index in [1.54, 1.807) is 0 Å². The minimum absolute atomic E-state index is 0.0941. The molecule has 3 nitrogen and oxygen atoms in total. The van der Waals surface area contributed by atoms with Crippen LogP contribution in [0.1, 0.15) is 16.0 Å². The van der Waals surface area contributed by atoms with Crippen molar-refractivity contribution in [1.29, 1.82) is 0 Å². The highest BCUT2D eigenvalue weighted by atomic mass is 32.1. The zero-order chi connectivity index (χ0) is 13.1. The van der Waals surface area contributed by atoms with Gasteiger partial charge in [0.2, 0.25) is 0 Å². The lowest BCUT2D eigenvalue weighted by atomic mass is 10.1. The predicted octanol–water partition coefficient (Wildman–Crippen LogP) is 2.02. The Hall–Kier alpha value is -1.08. The van der Waals surface area contributed by atoms with Gasteiger partial charge in [-0.05, 0) is 22.9 Å². The van der Waals surface area contributed by atoms with E-state index < -0.39 is 23.4 Å². The van der Waals surface area contributed by atoms with E-state index in [1.807, 2.05) is 0 Å². The van der Waals surface area contributed by atoms with Gasteiger partial charge in [-0.25, -0.2) is 0 Å². The Labute approximate surface area is 99.8 Å². The van der Waals surface area contributed by atoms with Gasteiger partial charge in [0.05, 0.1) is 13.5 Å². The quantitative estimate of drug-likeness (QED) is 0.850. The first-order valence-electron chi connectivity index (χ1n) is 4.74. The molecular formula is C10H11F3O3S. The normalized spacial score (nSPS) is 11.6. The smallest absolute Gasteiger partial charge is 0.425 e. The summed E-state index contributed by atoms with van der Waals surface area (Å²) in [6, 6.07) is 0. The molecule has 7 heteroatoms. The molecule has 96 valence electrons. The molecule has 17 heavy (non-hydrogen) atoms. The van der Waals surface area contributed by atoms with Crippen LogP contribution >= 0.6 is 11.3 Å². The van der Waals surface area contributed by atoms with E-state index in [-0.39, 0.29) is 18.6 Å². The number of methoxy groups -OCH3 is 1. The van der Waals surface area contributed by atoms with Crippen LogP contribution in [0, 0.1) is 0 Å².